The molecule has 154 valence electrons. The van der Waals surface area contributed by atoms with Crippen LogP contribution in [0.1, 0.15) is 5.56 Å². The molecule has 0 unspecified atom stereocenters. The van der Waals surface area contributed by atoms with Gasteiger partial charge in [-0.2, -0.15) is 13.2 Å². The number of hydrogen-bond donors (Lipinski definition) is 1. The molecule has 0 spiro atoms. The molecule has 1 aromatic heterocycles. The SMILES string of the molecule is CN(C)S(=O)(=O)c1cccc2ncn(CC(=O)Nc3cccc(C(F)(F)F)c3)c12. The van der Waals surface area contributed by atoms with Crippen molar-refractivity contribution < 1.29 is 26.4 Å². The van der Waals surface area contributed by atoms with E-state index in [0.29, 0.717) is 5.52 Å². The van der Waals surface area contributed by atoms with Gasteiger partial charge in [-0.1, -0.05) is 12.1 Å². The normalized spacial score (nSPS) is 12.5. The third-order valence-electron chi connectivity index (χ3n) is 4.15. The Hall–Kier alpha value is -2.92. The van der Waals surface area contributed by atoms with Gasteiger partial charge in [0.1, 0.15) is 11.4 Å². The molecular formula is C18H17F3N4O3S. The fourth-order valence-corrected chi connectivity index (χ4v) is 3.86. The van der Waals surface area contributed by atoms with Gasteiger partial charge in [0.15, 0.2) is 0 Å². The lowest BCUT2D eigenvalue weighted by atomic mass is 10.2. The Bertz CT molecular complexity index is 1170. The number of anilines is 1. The zero-order chi connectivity index (χ0) is 21.4. The molecule has 0 saturated heterocycles. The second kappa shape index (κ2) is 7.48. The van der Waals surface area contributed by atoms with E-state index in [-0.39, 0.29) is 22.6 Å². The molecule has 1 amide bonds. The maximum Gasteiger partial charge on any atom is 0.416 e. The number of aromatic nitrogens is 2. The molecule has 29 heavy (non-hydrogen) atoms. The second-order valence-corrected chi connectivity index (χ2v) is 8.53. The number of carbonyl (C=O) groups is 1. The van der Waals surface area contributed by atoms with Crippen molar-refractivity contribution in [2.24, 2.45) is 0 Å². The van der Waals surface area contributed by atoms with Crippen LogP contribution in [0, 0.1) is 0 Å². The van der Waals surface area contributed by atoms with Crippen LogP contribution in [0.4, 0.5) is 18.9 Å². The van der Waals surface area contributed by atoms with Crippen molar-refractivity contribution in [1.29, 1.82) is 0 Å². The van der Waals surface area contributed by atoms with Gasteiger partial charge in [-0.05, 0) is 30.3 Å². The molecule has 0 aliphatic rings. The predicted octanol–water partition coefficient (Wildman–Crippen LogP) is 2.94. The van der Waals surface area contributed by atoms with Crippen LogP contribution in [0.15, 0.2) is 53.7 Å². The van der Waals surface area contributed by atoms with Gasteiger partial charge in [0.05, 0.1) is 22.9 Å². The number of sulfonamides is 1. The molecule has 3 aromatic rings. The van der Waals surface area contributed by atoms with E-state index in [1.807, 2.05) is 0 Å². The molecule has 3 rings (SSSR count). The number of imidazole rings is 1. The summed E-state index contributed by atoms with van der Waals surface area (Å²) in [4.78, 5) is 16.5. The van der Waals surface area contributed by atoms with Gasteiger partial charge in [-0.3, -0.25) is 4.79 Å². The summed E-state index contributed by atoms with van der Waals surface area (Å²) in [5.41, 5.74) is -0.293. The summed E-state index contributed by atoms with van der Waals surface area (Å²) >= 11 is 0. The predicted molar refractivity (Wildman–Crippen MR) is 101 cm³/mol. The third kappa shape index (κ3) is 4.25. The van der Waals surface area contributed by atoms with Crippen LogP contribution in [0.2, 0.25) is 0 Å². The molecule has 1 heterocycles. The lowest BCUT2D eigenvalue weighted by Crippen LogP contribution is -2.24. The van der Waals surface area contributed by atoms with Crippen LogP contribution >= 0.6 is 0 Å². The zero-order valence-electron chi connectivity index (χ0n) is 15.4. The van der Waals surface area contributed by atoms with E-state index in [1.165, 1.54) is 43.2 Å². The Morgan fingerprint density at radius 3 is 2.52 bits per heavy atom. The molecule has 2 aromatic carbocycles. The molecule has 1 N–H and O–H groups in total. The van der Waals surface area contributed by atoms with E-state index < -0.39 is 27.7 Å². The standard InChI is InChI=1S/C18H17F3N4O3S/c1-24(2)29(27,28)15-8-4-7-14-17(15)25(11-22-14)10-16(26)23-13-6-3-5-12(9-13)18(19,20)21/h3-9,11H,10H2,1-2H3,(H,23,26). The minimum Gasteiger partial charge on any atom is -0.325 e. The van der Waals surface area contributed by atoms with Gasteiger partial charge in [-0.15, -0.1) is 0 Å². The lowest BCUT2D eigenvalue weighted by Gasteiger charge is -2.14. The Morgan fingerprint density at radius 1 is 1.17 bits per heavy atom. The van der Waals surface area contributed by atoms with Gasteiger partial charge in [0, 0.05) is 19.8 Å². The summed E-state index contributed by atoms with van der Waals surface area (Å²) in [6.45, 7) is -0.327. The van der Waals surface area contributed by atoms with E-state index in [0.717, 1.165) is 16.4 Å². The number of rotatable bonds is 5. The van der Waals surface area contributed by atoms with Gasteiger partial charge >= 0.3 is 6.18 Å². The second-order valence-electron chi connectivity index (χ2n) is 6.41. The minimum absolute atomic E-state index is 0.0182. The molecule has 0 atom stereocenters. The maximum absolute atomic E-state index is 12.8. The number of alkyl halides is 3. The highest BCUT2D eigenvalue weighted by Gasteiger charge is 2.30. The highest BCUT2D eigenvalue weighted by Crippen LogP contribution is 2.30. The molecular weight excluding hydrogens is 409 g/mol. The number of carbonyl (C=O) groups excluding carboxylic acids is 1. The number of fused-ring (bicyclic) bond motifs is 1. The number of benzene rings is 2. The Balaban J connectivity index is 1.91. The molecule has 7 nitrogen and oxygen atoms in total. The zero-order valence-corrected chi connectivity index (χ0v) is 16.3. The van der Waals surface area contributed by atoms with Crippen LogP contribution in [-0.4, -0.2) is 42.3 Å². The third-order valence-corrected chi connectivity index (χ3v) is 5.99. The van der Waals surface area contributed by atoms with Gasteiger partial charge < -0.3 is 9.88 Å². The quantitative estimate of drug-likeness (QED) is 0.680. The Labute approximate surface area is 164 Å². The fourth-order valence-electron chi connectivity index (χ4n) is 2.75. The van der Waals surface area contributed by atoms with Crippen LogP contribution < -0.4 is 5.32 Å². The van der Waals surface area contributed by atoms with Crippen molar-refractivity contribution in [1.82, 2.24) is 13.9 Å². The van der Waals surface area contributed by atoms with E-state index >= 15 is 0 Å². The average Bonchev–Trinajstić information content (AvgIpc) is 3.04. The maximum atomic E-state index is 12.8. The molecule has 0 fully saturated rings. The van der Waals surface area contributed by atoms with Crippen LogP contribution in [0.5, 0.6) is 0 Å². The Morgan fingerprint density at radius 2 is 1.86 bits per heavy atom. The topological polar surface area (TPSA) is 84.3 Å². The summed E-state index contributed by atoms with van der Waals surface area (Å²) < 4.78 is 66.0. The van der Waals surface area contributed by atoms with Crippen molar-refractivity contribution in [2.45, 2.75) is 17.6 Å². The largest absolute Gasteiger partial charge is 0.416 e. The number of hydrogen-bond acceptors (Lipinski definition) is 4. The molecule has 0 aliphatic heterocycles. The summed E-state index contributed by atoms with van der Waals surface area (Å²) in [7, 11) is -1.03. The van der Waals surface area contributed by atoms with Crippen molar-refractivity contribution in [3.05, 3.63) is 54.4 Å². The number of nitrogens with zero attached hydrogens (tertiary/aromatic N) is 3. The molecule has 11 heteroatoms. The Kier molecular flexibility index (Phi) is 5.37. The fraction of sp³-hybridized carbons (Fsp3) is 0.222. The number of amides is 1. The summed E-state index contributed by atoms with van der Waals surface area (Å²) in [6.07, 6.45) is -3.22. The van der Waals surface area contributed by atoms with E-state index in [1.54, 1.807) is 12.1 Å². The molecule has 0 bridgehead atoms. The summed E-state index contributed by atoms with van der Waals surface area (Å²) in [5, 5.41) is 2.39. The first-order chi connectivity index (χ1) is 13.5. The lowest BCUT2D eigenvalue weighted by molar-refractivity contribution is -0.137. The molecule has 0 aliphatic carbocycles. The van der Waals surface area contributed by atoms with Gasteiger partial charge in [-0.25, -0.2) is 17.7 Å². The van der Waals surface area contributed by atoms with Crippen molar-refractivity contribution >= 4 is 32.7 Å². The first-order valence-corrected chi connectivity index (χ1v) is 9.77. The summed E-state index contributed by atoms with van der Waals surface area (Å²) in [6, 6.07) is 8.79. The average molecular weight is 426 g/mol. The van der Waals surface area contributed by atoms with Crippen molar-refractivity contribution in [3.8, 4) is 0 Å². The smallest absolute Gasteiger partial charge is 0.325 e. The van der Waals surface area contributed by atoms with Crippen LogP contribution in [-0.2, 0) is 27.5 Å². The van der Waals surface area contributed by atoms with Crippen molar-refractivity contribution in [3.63, 3.8) is 0 Å². The van der Waals surface area contributed by atoms with Crippen LogP contribution in [0.25, 0.3) is 11.0 Å². The monoisotopic (exact) mass is 426 g/mol. The van der Waals surface area contributed by atoms with Crippen molar-refractivity contribution in [2.75, 3.05) is 19.4 Å². The molecule has 0 radical (unpaired) electrons. The first-order valence-electron chi connectivity index (χ1n) is 8.33. The highest BCUT2D eigenvalue weighted by atomic mass is 32.2. The minimum atomic E-state index is -4.53. The number of para-hydroxylation sites is 1. The van der Waals surface area contributed by atoms with Gasteiger partial charge in [0.25, 0.3) is 0 Å². The van der Waals surface area contributed by atoms with E-state index in [2.05, 4.69) is 10.3 Å². The summed E-state index contributed by atoms with van der Waals surface area (Å²) in [5.74, 6) is -0.624. The van der Waals surface area contributed by atoms with E-state index in [9.17, 15) is 26.4 Å². The molecule has 0 saturated carbocycles. The van der Waals surface area contributed by atoms with Gasteiger partial charge in [0.2, 0.25) is 15.9 Å². The first kappa shape index (κ1) is 20.8. The highest BCUT2D eigenvalue weighted by molar-refractivity contribution is 7.89. The van der Waals surface area contributed by atoms with E-state index in [4.69, 9.17) is 0 Å². The number of halogens is 3. The van der Waals surface area contributed by atoms with Crippen LogP contribution in [0.3, 0.4) is 0 Å². The number of nitrogens with one attached hydrogen (secondary N) is 1.